The molecule has 0 unspecified atom stereocenters. The fraction of sp³-hybridized carbons (Fsp3) is 0.533. The summed E-state index contributed by atoms with van der Waals surface area (Å²) in [4.78, 5) is 11.5. The molecule has 21 heavy (non-hydrogen) atoms. The van der Waals surface area contributed by atoms with Crippen molar-refractivity contribution in [1.82, 2.24) is 5.32 Å². The van der Waals surface area contributed by atoms with Crippen LogP contribution in [-0.2, 0) is 4.74 Å². The summed E-state index contributed by atoms with van der Waals surface area (Å²) in [5.74, 6) is 0. The third-order valence-corrected chi connectivity index (χ3v) is 3.35. The number of hydrogen-bond donors (Lipinski definition) is 3. The number of aryl methyl sites for hydroxylation is 1. The minimum absolute atomic E-state index is 0.382. The fourth-order valence-corrected chi connectivity index (χ4v) is 2.15. The molecule has 0 saturated heterocycles. The second-order valence-corrected chi connectivity index (χ2v) is 6.75. The summed E-state index contributed by atoms with van der Waals surface area (Å²) in [6.07, 6.45) is 0.418. The van der Waals surface area contributed by atoms with Crippen LogP contribution in [0.15, 0.2) is 16.6 Å². The van der Waals surface area contributed by atoms with Gasteiger partial charge in [0.25, 0.3) is 0 Å². The average molecular weight is 358 g/mol. The quantitative estimate of drug-likeness (QED) is 0.555. The van der Waals surface area contributed by atoms with Gasteiger partial charge in [-0.05, 0) is 67.7 Å². The van der Waals surface area contributed by atoms with E-state index in [-0.39, 0.29) is 6.09 Å². The van der Waals surface area contributed by atoms with E-state index in [1.165, 1.54) is 0 Å². The predicted octanol–water partition coefficient (Wildman–Crippen LogP) is 3.67. The Morgan fingerprint density at radius 3 is 2.62 bits per heavy atom. The lowest BCUT2D eigenvalue weighted by molar-refractivity contribution is 0.0528. The van der Waals surface area contributed by atoms with Gasteiger partial charge >= 0.3 is 6.09 Å². The van der Waals surface area contributed by atoms with Gasteiger partial charge in [-0.3, -0.25) is 0 Å². The van der Waals surface area contributed by atoms with Gasteiger partial charge in [-0.25, -0.2) is 4.79 Å². The second-order valence-electron chi connectivity index (χ2n) is 5.90. The number of rotatable bonds is 5. The summed E-state index contributed by atoms with van der Waals surface area (Å²) >= 11 is 3.47. The Morgan fingerprint density at radius 2 is 2.00 bits per heavy atom. The van der Waals surface area contributed by atoms with Gasteiger partial charge in [0.15, 0.2) is 0 Å². The molecule has 0 saturated carbocycles. The summed E-state index contributed by atoms with van der Waals surface area (Å²) in [6, 6.07) is 3.89. The number of carbonyl (C=O) groups is 1. The molecule has 0 fully saturated rings. The molecule has 0 aliphatic rings. The molecule has 0 aromatic heterocycles. The minimum atomic E-state index is -0.464. The highest BCUT2D eigenvalue weighted by Gasteiger charge is 2.15. The molecule has 0 heterocycles. The van der Waals surface area contributed by atoms with Crippen molar-refractivity contribution in [2.45, 2.75) is 39.7 Å². The molecular weight excluding hydrogens is 334 g/mol. The van der Waals surface area contributed by atoms with Crippen LogP contribution in [0.4, 0.5) is 16.2 Å². The van der Waals surface area contributed by atoms with E-state index in [1.807, 2.05) is 39.8 Å². The number of alkyl carbamates (subject to hydrolysis) is 1. The van der Waals surface area contributed by atoms with E-state index in [4.69, 9.17) is 10.5 Å². The first-order chi connectivity index (χ1) is 9.69. The zero-order valence-electron chi connectivity index (χ0n) is 13.0. The number of halogens is 1. The smallest absolute Gasteiger partial charge is 0.407 e. The number of hydrogen-bond acceptors (Lipinski definition) is 4. The number of benzene rings is 1. The van der Waals surface area contributed by atoms with E-state index in [1.54, 1.807) is 0 Å². The minimum Gasteiger partial charge on any atom is -0.444 e. The number of ether oxygens (including phenoxy) is 1. The Hall–Kier alpha value is -1.43. The van der Waals surface area contributed by atoms with Gasteiger partial charge in [0.2, 0.25) is 0 Å². The third kappa shape index (κ3) is 6.71. The highest BCUT2D eigenvalue weighted by Crippen LogP contribution is 2.27. The van der Waals surface area contributed by atoms with Crippen molar-refractivity contribution in [1.29, 1.82) is 0 Å². The molecule has 0 aliphatic carbocycles. The van der Waals surface area contributed by atoms with Gasteiger partial charge in [0.1, 0.15) is 5.60 Å². The first kappa shape index (κ1) is 17.6. The monoisotopic (exact) mass is 357 g/mol. The topological polar surface area (TPSA) is 76.4 Å². The van der Waals surface area contributed by atoms with Crippen molar-refractivity contribution in [3.63, 3.8) is 0 Å². The molecule has 4 N–H and O–H groups in total. The van der Waals surface area contributed by atoms with Crippen molar-refractivity contribution in [3.05, 3.63) is 22.2 Å². The number of amides is 1. The molecule has 0 aliphatic heterocycles. The zero-order chi connectivity index (χ0) is 16.0. The first-order valence-corrected chi connectivity index (χ1v) is 7.74. The third-order valence-electron chi connectivity index (χ3n) is 2.69. The molecule has 0 radical (unpaired) electrons. The first-order valence-electron chi connectivity index (χ1n) is 6.95. The molecule has 1 aromatic carbocycles. The van der Waals surface area contributed by atoms with Crippen LogP contribution in [0.1, 0.15) is 32.8 Å². The van der Waals surface area contributed by atoms with Gasteiger partial charge in [-0.1, -0.05) is 0 Å². The van der Waals surface area contributed by atoms with Crippen LogP contribution in [-0.4, -0.2) is 24.8 Å². The Morgan fingerprint density at radius 1 is 1.33 bits per heavy atom. The van der Waals surface area contributed by atoms with Crippen LogP contribution in [0.25, 0.3) is 0 Å². The molecule has 1 aromatic rings. The Labute approximate surface area is 134 Å². The molecule has 1 rings (SSSR count). The van der Waals surface area contributed by atoms with E-state index >= 15 is 0 Å². The largest absolute Gasteiger partial charge is 0.444 e. The molecule has 0 spiro atoms. The van der Waals surface area contributed by atoms with Crippen LogP contribution in [0.3, 0.4) is 0 Å². The van der Waals surface area contributed by atoms with Gasteiger partial charge in [-0.2, -0.15) is 0 Å². The van der Waals surface area contributed by atoms with E-state index in [0.29, 0.717) is 6.54 Å². The summed E-state index contributed by atoms with van der Waals surface area (Å²) in [7, 11) is 0. The molecule has 1 amide bonds. The standard InChI is InChI=1S/C15H24BrN3O2/c1-10-8-13(11(16)9-12(10)17)18-6-5-7-19-14(20)21-15(2,3)4/h8-9,18H,5-7,17H2,1-4H3,(H,19,20). The Kier molecular flexibility index (Phi) is 6.33. The van der Waals surface area contributed by atoms with Crippen LogP contribution in [0.5, 0.6) is 0 Å². The van der Waals surface area contributed by atoms with Crippen molar-refractivity contribution < 1.29 is 9.53 Å². The fourth-order valence-electron chi connectivity index (χ4n) is 1.65. The maximum absolute atomic E-state index is 11.5. The summed E-state index contributed by atoms with van der Waals surface area (Å²) in [5, 5.41) is 6.04. The molecule has 0 bridgehead atoms. The van der Waals surface area contributed by atoms with Crippen LogP contribution < -0.4 is 16.4 Å². The van der Waals surface area contributed by atoms with Crippen LogP contribution in [0, 0.1) is 6.92 Å². The summed E-state index contributed by atoms with van der Waals surface area (Å²) in [5.41, 5.74) is 8.16. The molecule has 6 heteroatoms. The van der Waals surface area contributed by atoms with Gasteiger partial charge in [0.05, 0.1) is 0 Å². The lowest BCUT2D eigenvalue weighted by Crippen LogP contribution is -2.33. The number of nitrogens with one attached hydrogen (secondary N) is 2. The molecule has 0 atom stereocenters. The van der Waals surface area contributed by atoms with Gasteiger partial charge in [-0.15, -0.1) is 0 Å². The molecular formula is C15H24BrN3O2. The maximum Gasteiger partial charge on any atom is 0.407 e. The number of nitrogens with two attached hydrogens (primary N) is 1. The van der Waals surface area contributed by atoms with Crippen LogP contribution >= 0.6 is 15.9 Å². The van der Waals surface area contributed by atoms with Crippen molar-refractivity contribution in [3.8, 4) is 0 Å². The van der Waals surface area contributed by atoms with Crippen molar-refractivity contribution >= 4 is 33.4 Å². The van der Waals surface area contributed by atoms with Gasteiger partial charge in [0, 0.05) is 28.9 Å². The van der Waals surface area contributed by atoms with Crippen molar-refractivity contribution in [2.75, 3.05) is 24.1 Å². The number of anilines is 2. The second kappa shape index (κ2) is 7.54. The summed E-state index contributed by atoms with van der Waals surface area (Å²) < 4.78 is 6.09. The molecule has 5 nitrogen and oxygen atoms in total. The Balaban J connectivity index is 2.29. The zero-order valence-corrected chi connectivity index (χ0v) is 14.6. The lowest BCUT2D eigenvalue weighted by atomic mass is 10.2. The number of carbonyl (C=O) groups excluding carboxylic acids is 1. The highest BCUT2D eigenvalue weighted by molar-refractivity contribution is 9.10. The Bertz CT molecular complexity index is 498. The van der Waals surface area contributed by atoms with E-state index in [0.717, 1.165) is 34.4 Å². The van der Waals surface area contributed by atoms with E-state index < -0.39 is 5.60 Å². The SMILES string of the molecule is Cc1cc(NCCCNC(=O)OC(C)(C)C)c(Br)cc1N. The van der Waals surface area contributed by atoms with Crippen LogP contribution in [0.2, 0.25) is 0 Å². The van der Waals surface area contributed by atoms with E-state index in [9.17, 15) is 4.79 Å². The highest BCUT2D eigenvalue weighted by atomic mass is 79.9. The average Bonchev–Trinajstić information content (AvgIpc) is 2.32. The lowest BCUT2D eigenvalue weighted by Gasteiger charge is -2.19. The van der Waals surface area contributed by atoms with Crippen molar-refractivity contribution in [2.24, 2.45) is 0 Å². The predicted molar refractivity (Wildman–Crippen MR) is 90.6 cm³/mol. The molecule has 118 valence electrons. The van der Waals surface area contributed by atoms with Gasteiger partial charge < -0.3 is 21.1 Å². The summed E-state index contributed by atoms with van der Waals surface area (Å²) in [6.45, 7) is 8.81. The van der Waals surface area contributed by atoms with E-state index in [2.05, 4.69) is 26.6 Å². The number of nitrogen functional groups attached to an aromatic ring is 1. The maximum atomic E-state index is 11.5. The normalized spacial score (nSPS) is 11.1.